The van der Waals surface area contributed by atoms with Gasteiger partial charge in [0.2, 0.25) is 0 Å². The highest BCUT2D eigenvalue weighted by molar-refractivity contribution is 5.96. The normalized spacial score (nSPS) is 11.1. The highest BCUT2D eigenvalue weighted by Crippen LogP contribution is 2.22. The smallest absolute Gasteiger partial charge is 0.331 e. The van der Waals surface area contributed by atoms with Crippen LogP contribution >= 0.6 is 0 Å². The van der Waals surface area contributed by atoms with Gasteiger partial charge in [-0.25, -0.2) is 4.79 Å². The fourth-order valence-electron chi connectivity index (χ4n) is 1.78. The number of carbonyl (C=O) groups is 1. The SMILES string of the molecule is CCOC(=O)/C=C(\c1ccccc1)c1ccncc1. The van der Waals surface area contributed by atoms with E-state index < -0.39 is 0 Å². The maximum atomic E-state index is 11.7. The summed E-state index contributed by atoms with van der Waals surface area (Å²) in [7, 11) is 0. The van der Waals surface area contributed by atoms with Crippen molar-refractivity contribution in [3.8, 4) is 0 Å². The summed E-state index contributed by atoms with van der Waals surface area (Å²) in [6.45, 7) is 2.16. The Hall–Kier alpha value is -2.42. The van der Waals surface area contributed by atoms with E-state index in [0.29, 0.717) is 6.61 Å². The molecule has 19 heavy (non-hydrogen) atoms. The molecule has 0 radical (unpaired) electrons. The predicted octanol–water partition coefficient (Wildman–Crippen LogP) is 3.08. The molecule has 0 aliphatic rings. The van der Waals surface area contributed by atoms with E-state index in [9.17, 15) is 4.79 Å². The number of ether oxygens (including phenoxy) is 1. The molecule has 1 aromatic heterocycles. The van der Waals surface area contributed by atoms with Crippen LogP contribution in [0.5, 0.6) is 0 Å². The predicted molar refractivity (Wildman–Crippen MR) is 74.4 cm³/mol. The average Bonchev–Trinajstić information content (AvgIpc) is 2.47. The summed E-state index contributed by atoms with van der Waals surface area (Å²) < 4.78 is 4.98. The average molecular weight is 253 g/mol. The first kappa shape index (κ1) is 13.0. The Morgan fingerprint density at radius 3 is 2.37 bits per heavy atom. The molecule has 2 rings (SSSR count). The summed E-state index contributed by atoms with van der Waals surface area (Å²) in [5, 5.41) is 0. The molecule has 0 saturated heterocycles. The molecule has 0 unspecified atom stereocenters. The van der Waals surface area contributed by atoms with E-state index in [2.05, 4.69) is 4.98 Å². The van der Waals surface area contributed by atoms with Crippen molar-refractivity contribution in [1.29, 1.82) is 0 Å². The van der Waals surface area contributed by atoms with Crippen LogP contribution in [-0.2, 0) is 9.53 Å². The van der Waals surface area contributed by atoms with Gasteiger partial charge < -0.3 is 4.74 Å². The van der Waals surface area contributed by atoms with E-state index in [1.165, 1.54) is 6.08 Å². The number of benzene rings is 1. The van der Waals surface area contributed by atoms with Gasteiger partial charge >= 0.3 is 5.97 Å². The molecule has 96 valence electrons. The third-order valence-corrected chi connectivity index (χ3v) is 2.62. The van der Waals surface area contributed by atoms with Crippen LogP contribution in [0.3, 0.4) is 0 Å². The Balaban J connectivity index is 2.43. The molecule has 0 amide bonds. The number of carbonyl (C=O) groups excluding carboxylic acids is 1. The van der Waals surface area contributed by atoms with Gasteiger partial charge in [-0.1, -0.05) is 30.3 Å². The van der Waals surface area contributed by atoms with Crippen molar-refractivity contribution in [3.05, 3.63) is 72.1 Å². The molecule has 0 fully saturated rings. The lowest BCUT2D eigenvalue weighted by Gasteiger charge is -2.08. The first-order valence-electron chi connectivity index (χ1n) is 6.15. The summed E-state index contributed by atoms with van der Waals surface area (Å²) in [5.74, 6) is -0.335. The highest BCUT2D eigenvalue weighted by Gasteiger charge is 2.07. The lowest BCUT2D eigenvalue weighted by molar-refractivity contribution is -0.137. The van der Waals surface area contributed by atoms with Crippen molar-refractivity contribution in [2.75, 3.05) is 6.61 Å². The minimum absolute atomic E-state index is 0.335. The number of pyridine rings is 1. The quantitative estimate of drug-likeness (QED) is 0.621. The molecule has 0 bridgehead atoms. The van der Waals surface area contributed by atoms with Crippen molar-refractivity contribution in [2.45, 2.75) is 6.92 Å². The molecule has 0 saturated carbocycles. The molecule has 3 heteroatoms. The second-order valence-electron chi connectivity index (χ2n) is 3.91. The molecular weight excluding hydrogens is 238 g/mol. The molecule has 1 aromatic carbocycles. The largest absolute Gasteiger partial charge is 0.463 e. The van der Waals surface area contributed by atoms with E-state index in [1.54, 1.807) is 19.3 Å². The molecule has 3 nitrogen and oxygen atoms in total. The van der Waals surface area contributed by atoms with E-state index in [4.69, 9.17) is 4.74 Å². The lowest BCUT2D eigenvalue weighted by Crippen LogP contribution is -2.01. The van der Waals surface area contributed by atoms with Crippen LogP contribution in [0.1, 0.15) is 18.1 Å². The van der Waals surface area contributed by atoms with Crippen LogP contribution in [0, 0.1) is 0 Å². The zero-order valence-corrected chi connectivity index (χ0v) is 10.7. The van der Waals surface area contributed by atoms with Gasteiger partial charge in [-0.05, 0) is 35.8 Å². The number of aromatic nitrogens is 1. The van der Waals surface area contributed by atoms with Gasteiger partial charge in [-0.3, -0.25) is 4.98 Å². The Morgan fingerprint density at radius 1 is 1.11 bits per heavy atom. The Bertz CT molecular complexity index is 520. The highest BCUT2D eigenvalue weighted by atomic mass is 16.5. The van der Waals surface area contributed by atoms with E-state index in [1.807, 2.05) is 42.5 Å². The van der Waals surface area contributed by atoms with Gasteiger partial charge in [0.25, 0.3) is 0 Å². The van der Waals surface area contributed by atoms with Crippen LogP contribution in [0.2, 0.25) is 0 Å². The summed E-state index contributed by atoms with van der Waals surface area (Å²) in [6.07, 6.45) is 4.93. The lowest BCUT2D eigenvalue weighted by atomic mass is 9.98. The minimum Gasteiger partial charge on any atom is -0.463 e. The summed E-state index contributed by atoms with van der Waals surface area (Å²) in [6, 6.07) is 13.5. The summed E-state index contributed by atoms with van der Waals surface area (Å²) in [4.78, 5) is 15.7. The molecule has 0 spiro atoms. The zero-order valence-electron chi connectivity index (χ0n) is 10.7. The van der Waals surface area contributed by atoms with Crippen molar-refractivity contribution in [2.24, 2.45) is 0 Å². The van der Waals surface area contributed by atoms with Crippen molar-refractivity contribution in [3.63, 3.8) is 0 Å². The molecular formula is C16H15NO2. The minimum atomic E-state index is -0.335. The molecule has 1 heterocycles. The van der Waals surface area contributed by atoms with Gasteiger partial charge in [0.1, 0.15) is 0 Å². The number of hydrogen-bond acceptors (Lipinski definition) is 3. The Kier molecular flexibility index (Phi) is 4.45. The van der Waals surface area contributed by atoms with Gasteiger partial charge in [-0.15, -0.1) is 0 Å². The third-order valence-electron chi connectivity index (χ3n) is 2.62. The van der Waals surface area contributed by atoms with Crippen LogP contribution in [0.25, 0.3) is 5.57 Å². The van der Waals surface area contributed by atoms with Gasteiger partial charge in [0.15, 0.2) is 0 Å². The van der Waals surface area contributed by atoms with Crippen LogP contribution < -0.4 is 0 Å². The standard InChI is InChI=1S/C16H15NO2/c1-2-19-16(18)12-15(13-6-4-3-5-7-13)14-8-10-17-11-9-14/h3-12H,2H2,1H3/b15-12+. The van der Waals surface area contributed by atoms with Crippen LogP contribution in [-0.4, -0.2) is 17.6 Å². The van der Waals surface area contributed by atoms with E-state index >= 15 is 0 Å². The number of esters is 1. The van der Waals surface area contributed by atoms with Gasteiger partial charge in [0.05, 0.1) is 6.61 Å². The zero-order chi connectivity index (χ0) is 13.5. The second-order valence-corrected chi connectivity index (χ2v) is 3.91. The second kappa shape index (κ2) is 6.50. The third kappa shape index (κ3) is 3.52. The van der Waals surface area contributed by atoms with Crippen molar-refractivity contribution < 1.29 is 9.53 Å². The maximum absolute atomic E-state index is 11.7. The van der Waals surface area contributed by atoms with E-state index in [0.717, 1.165) is 16.7 Å². The van der Waals surface area contributed by atoms with Gasteiger partial charge in [0, 0.05) is 18.5 Å². The number of hydrogen-bond donors (Lipinski definition) is 0. The summed E-state index contributed by atoms with van der Waals surface area (Å²) in [5.41, 5.74) is 2.75. The number of nitrogens with zero attached hydrogens (tertiary/aromatic N) is 1. The molecule has 0 atom stereocenters. The van der Waals surface area contributed by atoms with Crippen LogP contribution in [0.4, 0.5) is 0 Å². The topological polar surface area (TPSA) is 39.2 Å². The fourth-order valence-corrected chi connectivity index (χ4v) is 1.78. The number of rotatable bonds is 4. The first-order chi connectivity index (χ1) is 9.31. The fraction of sp³-hybridized carbons (Fsp3) is 0.125. The molecule has 0 N–H and O–H groups in total. The monoisotopic (exact) mass is 253 g/mol. The molecule has 0 aliphatic carbocycles. The molecule has 2 aromatic rings. The Labute approximate surface area is 112 Å². The van der Waals surface area contributed by atoms with Gasteiger partial charge in [-0.2, -0.15) is 0 Å². The van der Waals surface area contributed by atoms with Crippen LogP contribution in [0.15, 0.2) is 60.9 Å². The van der Waals surface area contributed by atoms with E-state index in [-0.39, 0.29) is 5.97 Å². The van der Waals surface area contributed by atoms with Crippen molar-refractivity contribution in [1.82, 2.24) is 4.98 Å². The summed E-state index contributed by atoms with van der Waals surface area (Å²) >= 11 is 0. The van der Waals surface area contributed by atoms with Crippen molar-refractivity contribution >= 4 is 11.5 Å². The molecule has 0 aliphatic heterocycles. The maximum Gasteiger partial charge on any atom is 0.331 e. The Morgan fingerprint density at radius 2 is 1.74 bits per heavy atom. The first-order valence-corrected chi connectivity index (χ1v) is 6.15.